The molecule has 2 aliphatic rings. The van der Waals surface area contributed by atoms with Gasteiger partial charge in [0.05, 0.1) is 6.04 Å². The number of fused-ring (bicyclic) bond motifs is 1. The molecule has 120 valence electrons. The van der Waals surface area contributed by atoms with Crippen LogP contribution in [0.3, 0.4) is 0 Å². The van der Waals surface area contributed by atoms with Crippen LogP contribution in [0.15, 0.2) is 24.3 Å². The van der Waals surface area contributed by atoms with Gasteiger partial charge in [-0.3, -0.25) is 4.79 Å². The summed E-state index contributed by atoms with van der Waals surface area (Å²) in [4.78, 5) is 12.9. The molecule has 3 rings (SSSR count). The fraction of sp³-hybridized carbons (Fsp3) is 0.650. The fourth-order valence-electron chi connectivity index (χ4n) is 4.49. The molecule has 1 fully saturated rings. The third-order valence-electron chi connectivity index (χ3n) is 5.81. The van der Waals surface area contributed by atoms with Crippen molar-refractivity contribution in [2.45, 2.75) is 58.9 Å². The van der Waals surface area contributed by atoms with Crippen LogP contribution in [0.2, 0.25) is 0 Å². The summed E-state index contributed by atoms with van der Waals surface area (Å²) in [6.07, 6.45) is 5.69. The minimum atomic E-state index is 0.205. The Kier molecular flexibility index (Phi) is 4.56. The van der Waals surface area contributed by atoms with Gasteiger partial charge in [0.2, 0.25) is 5.91 Å². The lowest BCUT2D eigenvalue weighted by Crippen LogP contribution is -2.41. The van der Waals surface area contributed by atoms with Crippen molar-refractivity contribution in [1.82, 2.24) is 5.32 Å². The van der Waals surface area contributed by atoms with Crippen molar-refractivity contribution >= 4 is 5.91 Å². The number of nitrogens with one attached hydrogen (secondary N) is 1. The van der Waals surface area contributed by atoms with E-state index in [0.29, 0.717) is 23.7 Å². The molecule has 0 spiro atoms. The number of hydrogen-bond acceptors (Lipinski definition) is 1. The fourth-order valence-corrected chi connectivity index (χ4v) is 4.49. The van der Waals surface area contributed by atoms with Crippen molar-refractivity contribution < 1.29 is 4.79 Å². The van der Waals surface area contributed by atoms with Gasteiger partial charge >= 0.3 is 0 Å². The molecule has 1 aromatic rings. The molecule has 0 heterocycles. The first-order chi connectivity index (χ1) is 10.6. The minimum Gasteiger partial charge on any atom is -0.349 e. The summed E-state index contributed by atoms with van der Waals surface area (Å²) in [6, 6.07) is 8.79. The lowest BCUT2D eigenvalue weighted by atomic mass is 9.69. The van der Waals surface area contributed by atoms with Gasteiger partial charge in [-0.2, -0.15) is 0 Å². The second-order valence-electron chi connectivity index (χ2n) is 7.73. The molecule has 0 saturated heterocycles. The molecule has 0 aliphatic heterocycles. The summed E-state index contributed by atoms with van der Waals surface area (Å²) < 4.78 is 0. The Bertz CT molecular complexity index is 536. The molecule has 1 N–H and O–H groups in total. The third kappa shape index (κ3) is 3.06. The van der Waals surface area contributed by atoms with Crippen LogP contribution >= 0.6 is 0 Å². The van der Waals surface area contributed by atoms with Gasteiger partial charge in [-0.15, -0.1) is 0 Å². The zero-order valence-electron chi connectivity index (χ0n) is 14.1. The quantitative estimate of drug-likeness (QED) is 0.875. The van der Waals surface area contributed by atoms with Crippen LogP contribution < -0.4 is 5.32 Å². The van der Waals surface area contributed by atoms with Gasteiger partial charge in [0.25, 0.3) is 0 Å². The highest BCUT2D eigenvalue weighted by molar-refractivity contribution is 5.79. The number of carbonyl (C=O) groups is 1. The van der Waals surface area contributed by atoms with Gasteiger partial charge in [0, 0.05) is 5.92 Å². The molecule has 1 amide bonds. The number of carbonyl (C=O) groups excluding carboxylic acids is 1. The van der Waals surface area contributed by atoms with Crippen LogP contribution in [0.4, 0.5) is 0 Å². The molecular formula is C20H29NO. The maximum atomic E-state index is 12.9. The average Bonchev–Trinajstić information content (AvgIpc) is 2.90. The highest BCUT2D eigenvalue weighted by atomic mass is 16.2. The third-order valence-corrected chi connectivity index (χ3v) is 5.81. The van der Waals surface area contributed by atoms with E-state index in [0.717, 1.165) is 19.3 Å². The summed E-state index contributed by atoms with van der Waals surface area (Å²) in [5.74, 6) is 2.33. The van der Waals surface area contributed by atoms with Crippen LogP contribution in [-0.4, -0.2) is 5.91 Å². The van der Waals surface area contributed by atoms with Gasteiger partial charge in [0.1, 0.15) is 0 Å². The predicted octanol–water partition coefficient (Wildman–Crippen LogP) is 4.50. The smallest absolute Gasteiger partial charge is 0.223 e. The Morgan fingerprint density at radius 2 is 1.95 bits per heavy atom. The molecule has 2 aliphatic carbocycles. The van der Waals surface area contributed by atoms with E-state index in [1.165, 1.54) is 24.0 Å². The molecule has 2 nitrogen and oxygen atoms in total. The van der Waals surface area contributed by atoms with E-state index in [1.54, 1.807) is 0 Å². The SMILES string of the molecule is CC1CCC(C(C)C)C(C(=O)NC2CCc3ccccc32)C1. The summed E-state index contributed by atoms with van der Waals surface area (Å²) in [7, 11) is 0. The molecule has 2 heteroatoms. The van der Waals surface area contributed by atoms with Crippen molar-refractivity contribution in [3.8, 4) is 0 Å². The van der Waals surface area contributed by atoms with Gasteiger partial charge in [-0.1, -0.05) is 51.5 Å². The van der Waals surface area contributed by atoms with Crippen LogP contribution in [0.5, 0.6) is 0 Å². The maximum Gasteiger partial charge on any atom is 0.223 e. The van der Waals surface area contributed by atoms with Crippen molar-refractivity contribution in [2.75, 3.05) is 0 Å². The van der Waals surface area contributed by atoms with Crippen molar-refractivity contribution in [3.63, 3.8) is 0 Å². The monoisotopic (exact) mass is 299 g/mol. The standard InChI is InChI=1S/C20H29NO/c1-13(2)16-10-8-14(3)12-18(16)20(22)21-19-11-9-15-6-4-5-7-17(15)19/h4-7,13-14,16,18-19H,8-12H2,1-3H3,(H,21,22). The van der Waals surface area contributed by atoms with Gasteiger partial charge in [-0.25, -0.2) is 0 Å². The van der Waals surface area contributed by atoms with E-state index in [1.807, 2.05) is 0 Å². The number of hydrogen-bond donors (Lipinski definition) is 1. The molecule has 0 radical (unpaired) electrons. The van der Waals surface area contributed by atoms with Gasteiger partial charge in [-0.05, 0) is 54.6 Å². The van der Waals surface area contributed by atoms with Crippen LogP contribution in [0, 0.1) is 23.7 Å². The summed E-state index contributed by atoms with van der Waals surface area (Å²) in [6.45, 7) is 6.83. The zero-order chi connectivity index (χ0) is 15.7. The van der Waals surface area contributed by atoms with E-state index < -0.39 is 0 Å². The van der Waals surface area contributed by atoms with Gasteiger partial charge < -0.3 is 5.32 Å². The molecule has 0 aromatic heterocycles. The Balaban J connectivity index is 1.71. The van der Waals surface area contributed by atoms with E-state index >= 15 is 0 Å². The van der Waals surface area contributed by atoms with Crippen LogP contribution in [0.1, 0.15) is 63.6 Å². The summed E-state index contributed by atoms with van der Waals surface area (Å²) in [5.41, 5.74) is 2.74. The Morgan fingerprint density at radius 3 is 2.73 bits per heavy atom. The Morgan fingerprint density at radius 1 is 1.18 bits per heavy atom. The lowest BCUT2D eigenvalue weighted by Gasteiger charge is -2.37. The van der Waals surface area contributed by atoms with Crippen LogP contribution in [-0.2, 0) is 11.2 Å². The van der Waals surface area contributed by atoms with E-state index in [-0.39, 0.29) is 12.0 Å². The Labute approximate surface area is 134 Å². The first-order valence-corrected chi connectivity index (χ1v) is 8.94. The highest BCUT2D eigenvalue weighted by Crippen LogP contribution is 2.39. The number of aryl methyl sites for hydroxylation is 1. The molecule has 4 unspecified atom stereocenters. The second-order valence-corrected chi connectivity index (χ2v) is 7.73. The van der Waals surface area contributed by atoms with Crippen molar-refractivity contribution in [2.24, 2.45) is 23.7 Å². The summed E-state index contributed by atoms with van der Waals surface area (Å²) >= 11 is 0. The Hall–Kier alpha value is -1.31. The van der Waals surface area contributed by atoms with E-state index in [2.05, 4.69) is 50.4 Å². The highest BCUT2D eigenvalue weighted by Gasteiger charge is 2.36. The summed E-state index contributed by atoms with van der Waals surface area (Å²) in [5, 5.41) is 3.37. The van der Waals surface area contributed by atoms with Gasteiger partial charge in [0.15, 0.2) is 0 Å². The largest absolute Gasteiger partial charge is 0.349 e. The first-order valence-electron chi connectivity index (χ1n) is 8.94. The molecule has 4 atom stereocenters. The molecular weight excluding hydrogens is 270 g/mol. The molecule has 1 saturated carbocycles. The molecule has 22 heavy (non-hydrogen) atoms. The lowest BCUT2D eigenvalue weighted by molar-refractivity contribution is -0.130. The number of amides is 1. The molecule has 1 aromatic carbocycles. The minimum absolute atomic E-state index is 0.205. The first kappa shape index (κ1) is 15.6. The number of rotatable bonds is 3. The molecule has 0 bridgehead atoms. The van der Waals surface area contributed by atoms with E-state index in [9.17, 15) is 4.79 Å². The second kappa shape index (κ2) is 6.44. The maximum absolute atomic E-state index is 12.9. The van der Waals surface area contributed by atoms with E-state index in [4.69, 9.17) is 0 Å². The van der Waals surface area contributed by atoms with Crippen molar-refractivity contribution in [3.05, 3.63) is 35.4 Å². The zero-order valence-corrected chi connectivity index (χ0v) is 14.1. The average molecular weight is 299 g/mol. The topological polar surface area (TPSA) is 29.1 Å². The number of benzene rings is 1. The van der Waals surface area contributed by atoms with Crippen LogP contribution in [0.25, 0.3) is 0 Å². The normalized spacial score (nSPS) is 31.1. The van der Waals surface area contributed by atoms with Crippen molar-refractivity contribution in [1.29, 1.82) is 0 Å². The predicted molar refractivity (Wildman–Crippen MR) is 90.5 cm³/mol.